The zero-order valence-corrected chi connectivity index (χ0v) is 18.9. The number of pyridine rings is 1. The van der Waals surface area contributed by atoms with E-state index < -0.39 is 12.7 Å². The molecule has 4 aromatic rings. The van der Waals surface area contributed by atoms with Crippen molar-refractivity contribution in [1.29, 1.82) is 0 Å². The Kier molecular flexibility index (Phi) is 6.02. The van der Waals surface area contributed by atoms with Gasteiger partial charge in [-0.25, -0.2) is 15.0 Å². The Balaban J connectivity index is 1.23. The van der Waals surface area contributed by atoms with Gasteiger partial charge in [-0.05, 0) is 67.9 Å². The number of anilines is 2. The molecule has 1 saturated carbocycles. The SMILES string of the molecule is CNc1ncnc2c1ccn2C1CCC(CCc2ccc3ccc(NCC(F)(F)F)nc3c2)C1. The number of benzene rings is 1. The second kappa shape index (κ2) is 9.12. The Morgan fingerprint density at radius 3 is 2.76 bits per heavy atom. The van der Waals surface area contributed by atoms with Crippen molar-refractivity contribution in [1.82, 2.24) is 19.5 Å². The number of aromatic nitrogens is 4. The molecule has 9 heteroatoms. The third-order valence-corrected chi connectivity index (χ3v) is 6.72. The highest BCUT2D eigenvalue weighted by molar-refractivity contribution is 5.87. The predicted octanol–water partition coefficient (Wildman–Crippen LogP) is 5.97. The molecule has 1 aliphatic rings. The van der Waals surface area contributed by atoms with E-state index in [2.05, 4.69) is 48.5 Å². The van der Waals surface area contributed by atoms with Crippen molar-refractivity contribution >= 4 is 33.6 Å². The highest BCUT2D eigenvalue weighted by Crippen LogP contribution is 2.39. The molecule has 34 heavy (non-hydrogen) atoms. The van der Waals surface area contributed by atoms with Gasteiger partial charge in [-0.2, -0.15) is 13.2 Å². The van der Waals surface area contributed by atoms with Gasteiger partial charge in [-0.3, -0.25) is 0 Å². The van der Waals surface area contributed by atoms with Gasteiger partial charge in [0.25, 0.3) is 0 Å². The van der Waals surface area contributed by atoms with E-state index in [1.807, 2.05) is 19.2 Å². The molecule has 0 amide bonds. The maximum absolute atomic E-state index is 12.5. The molecule has 2 atom stereocenters. The van der Waals surface area contributed by atoms with Crippen LogP contribution in [0, 0.1) is 5.92 Å². The Morgan fingerprint density at radius 2 is 1.94 bits per heavy atom. The Hall–Kier alpha value is -3.36. The van der Waals surface area contributed by atoms with E-state index in [0.717, 1.165) is 53.5 Å². The number of rotatable bonds is 7. The first-order valence-electron chi connectivity index (χ1n) is 11.6. The van der Waals surface area contributed by atoms with Gasteiger partial charge in [0.2, 0.25) is 0 Å². The first-order chi connectivity index (χ1) is 16.4. The second-order valence-corrected chi connectivity index (χ2v) is 9.00. The van der Waals surface area contributed by atoms with Gasteiger partial charge in [-0.15, -0.1) is 0 Å². The molecule has 178 valence electrons. The summed E-state index contributed by atoms with van der Waals surface area (Å²) < 4.78 is 39.8. The van der Waals surface area contributed by atoms with E-state index in [-0.39, 0.29) is 5.82 Å². The van der Waals surface area contributed by atoms with Crippen LogP contribution in [0.15, 0.2) is 48.9 Å². The Labute approximate surface area is 195 Å². The average Bonchev–Trinajstić information content (AvgIpc) is 3.47. The van der Waals surface area contributed by atoms with Gasteiger partial charge in [0.15, 0.2) is 0 Å². The first-order valence-corrected chi connectivity index (χ1v) is 11.6. The lowest BCUT2D eigenvalue weighted by Crippen LogP contribution is -2.21. The van der Waals surface area contributed by atoms with E-state index in [0.29, 0.717) is 17.5 Å². The molecule has 3 aromatic heterocycles. The van der Waals surface area contributed by atoms with Crippen molar-refractivity contribution in [3.8, 4) is 0 Å². The number of aryl methyl sites for hydroxylation is 1. The molecule has 0 bridgehead atoms. The summed E-state index contributed by atoms with van der Waals surface area (Å²) in [7, 11) is 1.87. The normalized spacial score (nSPS) is 18.6. The molecular weight excluding hydrogens is 441 g/mol. The van der Waals surface area contributed by atoms with E-state index in [4.69, 9.17) is 0 Å². The Morgan fingerprint density at radius 1 is 1.09 bits per heavy atom. The maximum Gasteiger partial charge on any atom is 0.405 e. The quantitative estimate of drug-likeness (QED) is 0.350. The van der Waals surface area contributed by atoms with Crippen LogP contribution in [0.5, 0.6) is 0 Å². The van der Waals surface area contributed by atoms with E-state index >= 15 is 0 Å². The van der Waals surface area contributed by atoms with Gasteiger partial charge in [0.05, 0.1) is 10.9 Å². The van der Waals surface area contributed by atoms with Gasteiger partial charge < -0.3 is 15.2 Å². The Bertz CT molecular complexity index is 1300. The fourth-order valence-electron chi connectivity index (χ4n) is 5.01. The van der Waals surface area contributed by atoms with Crippen LogP contribution in [0.3, 0.4) is 0 Å². The number of alkyl halides is 3. The molecule has 0 spiro atoms. The molecular formula is C25H27F3N6. The molecule has 2 N–H and O–H groups in total. The minimum atomic E-state index is -4.27. The fourth-order valence-corrected chi connectivity index (χ4v) is 5.01. The number of nitrogens with one attached hydrogen (secondary N) is 2. The van der Waals surface area contributed by atoms with Crippen molar-refractivity contribution in [3.63, 3.8) is 0 Å². The minimum Gasteiger partial charge on any atom is -0.372 e. The van der Waals surface area contributed by atoms with Crippen molar-refractivity contribution in [2.24, 2.45) is 5.92 Å². The topological polar surface area (TPSA) is 67.7 Å². The van der Waals surface area contributed by atoms with Gasteiger partial charge >= 0.3 is 6.18 Å². The summed E-state index contributed by atoms with van der Waals surface area (Å²) >= 11 is 0. The lowest BCUT2D eigenvalue weighted by molar-refractivity contribution is -0.115. The van der Waals surface area contributed by atoms with Crippen LogP contribution >= 0.6 is 0 Å². The van der Waals surface area contributed by atoms with Gasteiger partial charge in [0.1, 0.15) is 30.2 Å². The van der Waals surface area contributed by atoms with Crippen molar-refractivity contribution in [3.05, 3.63) is 54.5 Å². The molecule has 2 unspecified atom stereocenters. The van der Waals surface area contributed by atoms with E-state index in [1.165, 1.54) is 6.42 Å². The largest absolute Gasteiger partial charge is 0.405 e. The molecule has 0 radical (unpaired) electrons. The van der Waals surface area contributed by atoms with E-state index in [1.54, 1.807) is 18.5 Å². The van der Waals surface area contributed by atoms with Crippen molar-refractivity contribution < 1.29 is 13.2 Å². The lowest BCUT2D eigenvalue weighted by atomic mass is 9.97. The fraction of sp³-hybridized carbons (Fsp3) is 0.400. The zero-order valence-electron chi connectivity index (χ0n) is 18.9. The molecule has 3 heterocycles. The zero-order chi connectivity index (χ0) is 23.7. The summed E-state index contributed by atoms with van der Waals surface area (Å²) in [6.45, 7) is -1.09. The van der Waals surface area contributed by atoms with Gasteiger partial charge in [0, 0.05) is 24.7 Å². The highest BCUT2D eigenvalue weighted by atomic mass is 19.4. The number of halogens is 3. The minimum absolute atomic E-state index is 0.241. The third-order valence-electron chi connectivity index (χ3n) is 6.72. The van der Waals surface area contributed by atoms with Crippen LogP contribution in [0.2, 0.25) is 0 Å². The average molecular weight is 469 g/mol. The van der Waals surface area contributed by atoms with Crippen LogP contribution in [-0.2, 0) is 6.42 Å². The van der Waals surface area contributed by atoms with Crippen LogP contribution in [0.4, 0.5) is 24.8 Å². The molecule has 1 aromatic carbocycles. The molecule has 5 rings (SSSR count). The first kappa shape index (κ1) is 22.4. The number of fused-ring (bicyclic) bond motifs is 2. The van der Waals surface area contributed by atoms with Crippen molar-refractivity contribution in [2.45, 2.75) is 44.3 Å². The molecule has 1 fully saturated rings. The highest BCUT2D eigenvalue weighted by Gasteiger charge is 2.28. The molecule has 0 saturated heterocycles. The third kappa shape index (κ3) is 4.78. The van der Waals surface area contributed by atoms with Gasteiger partial charge in [-0.1, -0.05) is 12.1 Å². The maximum atomic E-state index is 12.5. The summed E-state index contributed by atoms with van der Waals surface area (Å²) in [5.41, 5.74) is 2.85. The summed E-state index contributed by atoms with van der Waals surface area (Å²) in [6, 6.07) is 12.0. The predicted molar refractivity (Wildman–Crippen MR) is 128 cm³/mol. The summed E-state index contributed by atoms with van der Waals surface area (Å²) in [5, 5.41) is 7.45. The van der Waals surface area contributed by atoms with Crippen LogP contribution < -0.4 is 10.6 Å². The standard InChI is InChI=1S/C25H27F3N6/c1-29-23-20-10-11-34(24(20)32-15-31-23)19-8-5-16(12-19)2-3-17-4-6-18-7-9-22(33-21(18)13-17)30-14-25(26,27)28/h4,6-7,9-11,13,15-16,19H,2-3,5,8,12,14H2,1H3,(H,30,33)(H,29,31,32). The lowest BCUT2D eigenvalue weighted by Gasteiger charge is -2.15. The van der Waals surface area contributed by atoms with Crippen LogP contribution in [-0.4, -0.2) is 39.3 Å². The number of hydrogen-bond donors (Lipinski definition) is 2. The second-order valence-electron chi connectivity index (χ2n) is 9.00. The summed E-state index contributed by atoms with van der Waals surface area (Å²) in [5.74, 6) is 1.71. The van der Waals surface area contributed by atoms with Crippen LogP contribution in [0.1, 0.15) is 37.3 Å². The van der Waals surface area contributed by atoms with Crippen LogP contribution in [0.25, 0.3) is 21.9 Å². The molecule has 0 aliphatic heterocycles. The van der Waals surface area contributed by atoms with E-state index in [9.17, 15) is 13.2 Å². The smallest absolute Gasteiger partial charge is 0.372 e. The molecule has 6 nitrogen and oxygen atoms in total. The summed E-state index contributed by atoms with van der Waals surface area (Å²) in [4.78, 5) is 13.2. The summed E-state index contributed by atoms with van der Waals surface area (Å²) in [6.07, 6.45) is 4.86. The van der Waals surface area contributed by atoms with Crippen molar-refractivity contribution in [2.75, 3.05) is 24.2 Å². The number of nitrogens with zero attached hydrogens (tertiary/aromatic N) is 4. The number of hydrogen-bond acceptors (Lipinski definition) is 5. The monoisotopic (exact) mass is 468 g/mol. The molecule has 1 aliphatic carbocycles.